The van der Waals surface area contributed by atoms with Gasteiger partial charge in [-0.15, -0.1) is 0 Å². The van der Waals surface area contributed by atoms with E-state index < -0.39 is 0 Å². The third-order valence-corrected chi connectivity index (χ3v) is 3.01. The van der Waals surface area contributed by atoms with Crippen LogP contribution in [0.4, 0.5) is 0 Å². The largest absolute Gasteiger partial charge is 0.353 e. The van der Waals surface area contributed by atoms with Crippen LogP contribution in [0.1, 0.15) is 30.6 Å². The SMILES string of the molecule is CC(=O)NC(C)CC(=O)c1ccc2ccccc2c1. The van der Waals surface area contributed by atoms with Gasteiger partial charge < -0.3 is 5.32 Å². The lowest BCUT2D eigenvalue weighted by Crippen LogP contribution is -2.32. The topological polar surface area (TPSA) is 46.2 Å². The van der Waals surface area contributed by atoms with Crippen molar-refractivity contribution in [2.24, 2.45) is 0 Å². The van der Waals surface area contributed by atoms with E-state index in [2.05, 4.69) is 5.32 Å². The summed E-state index contributed by atoms with van der Waals surface area (Å²) in [5.41, 5.74) is 0.691. The minimum atomic E-state index is -0.142. The van der Waals surface area contributed by atoms with Crippen LogP contribution in [0.5, 0.6) is 0 Å². The van der Waals surface area contributed by atoms with Crippen LogP contribution in [0.3, 0.4) is 0 Å². The number of fused-ring (bicyclic) bond motifs is 1. The number of benzene rings is 2. The smallest absolute Gasteiger partial charge is 0.217 e. The molecule has 1 amide bonds. The van der Waals surface area contributed by atoms with Gasteiger partial charge in [0.25, 0.3) is 0 Å². The molecule has 0 aliphatic carbocycles. The molecule has 1 N–H and O–H groups in total. The predicted octanol–water partition coefficient (Wildman–Crippen LogP) is 2.94. The van der Waals surface area contributed by atoms with Gasteiger partial charge in [-0.1, -0.05) is 36.4 Å². The molecule has 2 rings (SSSR count). The van der Waals surface area contributed by atoms with E-state index in [1.807, 2.05) is 49.4 Å². The Hall–Kier alpha value is -2.16. The molecular weight excluding hydrogens is 238 g/mol. The van der Waals surface area contributed by atoms with E-state index in [0.717, 1.165) is 10.8 Å². The fourth-order valence-electron chi connectivity index (χ4n) is 2.16. The lowest BCUT2D eigenvalue weighted by molar-refractivity contribution is -0.119. The van der Waals surface area contributed by atoms with Crippen LogP contribution < -0.4 is 5.32 Å². The molecule has 1 atom stereocenters. The van der Waals surface area contributed by atoms with Crippen molar-refractivity contribution in [3.8, 4) is 0 Å². The maximum atomic E-state index is 12.1. The Kier molecular flexibility index (Phi) is 3.95. The third-order valence-electron chi connectivity index (χ3n) is 3.01. The van der Waals surface area contributed by atoms with Crippen molar-refractivity contribution in [1.29, 1.82) is 0 Å². The number of rotatable bonds is 4. The van der Waals surface area contributed by atoms with Crippen LogP contribution in [0.2, 0.25) is 0 Å². The molecule has 2 aromatic carbocycles. The quantitative estimate of drug-likeness (QED) is 0.854. The fraction of sp³-hybridized carbons (Fsp3) is 0.250. The number of hydrogen-bond acceptors (Lipinski definition) is 2. The van der Waals surface area contributed by atoms with Crippen LogP contribution >= 0.6 is 0 Å². The summed E-state index contributed by atoms with van der Waals surface area (Å²) < 4.78 is 0. The Labute approximate surface area is 112 Å². The fourth-order valence-corrected chi connectivity index (χ4v) is 2.16. The second-order valence-corrected chi connectivity index (χ2v) is 4.79. The molecule has 0 spiro atoms. The van der Waals surface area contributed by atoms with E-state index in [0.29, 0.717) is 12.0 Å². The molecular formula is C16H17NO2. The lowest BCUT2D eigenvalue weighted by Gasteiger charge is -2.11. The highest BCUT2D eigenvalue weighted by Gasteiger charge is 2.12. The molecule has 0 aliphatic rings. The summed E-state index contributed by atoms with van der Waals surface area (Å²) in [4.78, 5) is 23.1. The van der Waals surface area contributed by atoms with Gasteiger partial charge in [0.1, 0.15) is 0 Å². The Morgan fingerprint density at radius 1 is 1.11 bits per heavy atom. The summed E-state index contributed by atoms with van der Waals surface area (Å²) in [6, 6.07) is 13.5. The Morgan fingerprint density at radius 2 is 1.79 bits per heavy atom. The molecule has 0 bridgehead atoms. The number of amides is 1. The van der Waals surface area contributed by atoms with E-state index in [9.17, 15) is 9.59 Å². The molecule has 19 heavy (non-hydrogen) atoms. The second kappa shape index (κ2) is 5.65. The molecule has 0 aliphatic heterocycles. The summed E-state index contributed by atoms with van der Waals surface area (Å²) in [5, 5.41) is 4.90. The number of carbonyl (C=O) groups excluding carboxylic acids is 2. The summed E-state index contributed by atoms with van der Waals surface area (Å²) >= 11 is 0. The number of carbonyl (C=O) groups is 2. The first-order chi connectivity index (χ1) is 9.06. The predicted molar refractivity (Wildman–Crippen MR) is 76.2 cm³/mol. The van der Waals surface area contributed by atoms with Crippen molar-refractivity contribution in [2.75, 3.05) is 0 Å². The standard InChI is InChI=1S/C16H17NO2/c1-11(17-12(2)18)9-16(19)15-8-7-13-5-3-4-6-14(13)10-15/h3-8,10-11H,9H2,1-2H3,(H,17,18). The molecule has 98 valence electrons. The van der Waals surface area contributed by atoms with Crippen LogP contribution in [0, 0.1) is 0 Å². The van der Waals surface area contributed by atoms with Crippen molar-refractivity contribution < 1.29 is 9.59 Å². The van der Waals surface area contributed by atoms with Crippen molar-refractivity contribution in [3.63, 3.8) is 0 Å². The normalized spacial score (nSPS) is 12.1. The lowest BCUT2D eigenvalue weighted by atomic mass is 10.0. The summed E-state index contributed by atoms with van der Waals surface area (Å²) in [6.45, 7) is 3.29. The average Bonchev–Trinajstić information content (AvgIpc) is 2.37. The van der Waals surface area contributed by atoms with Gasteiger partial charge >= 0.3 is 0 Å². The monoisotopic (exact) mass is 255 g/mol. The van der Waals surface area contributed by atoms with Gasteiger partial charge in [-0.25, -0.2) is 0 Å². The zero-order valence-electron chi connectivity index (χ0n) is 11.1. The molecule has 0 heterocycles. The van der Waals surface area contributed by atoms with Gasteiger partial charge in [-0.2, -0.15) is 0 Å². The number of ketones is 1. The van der Waals surface area contributed by atoms with E-state index >= 15 is 0 Å². The van der Waals surface area contributed by atoms with Crippen LogP contribution in [-0.4, -0.2) is 17.7 Å². The van der Waals surface area contributed by atoms with Gasteiger partial charge in [0, 0.05) is 24.9 Å². The minimum Gasteiger partial charge on any atom is -0.353 e. The van der Waals surface area contributed by atoms with Crippen LogP contribution in [0.15, 0.2) is 42.5 Å². The summed E-state index contributed by atoms with van der Waals surface area (Å²) in [7, 11) is 0. The van der Waals surface area contributed by atoms with Gasteiger partial charge in [0.05, 0.1) is 0 Å². The average molecular weight is 255 g/mol. The zero-order chi connectivity index (χ0) is 13.8. The molecule has 3 nitrogen and oxygen atoms in total. The van der Waals surface area contributed by atoms with Gasteiger partial charge in [-0.05, 0) is 23.8 Å². The molecule has 0 aromatic heterocycles. The summed E-state index contributed by atoms with van der Waals surface area (Å²) in [5.74, 6) is -0.0641. The highest BCUT2D eigenvalue weighted by atomic mass is 16.1. The Bertz CT molecular complexity index is 619. The van der Waals surface area contributed by atoms with E-state index in [1.54, 1.807) is 0 Å². The maximum absolute atomic E-state index is 12.1. The molecule has 3 heteroatoms. The van der Waals surface area contributed by atoms with Crippen molar-refractivity contribution >= 4 is 22.5 Å². The Balaban J connectivity index is 2.15. The highest BCUT2D eigenvalue weighted by Crippen LogP contribution is 2.17. The molecule has 2 aromatic rings. The van der Waals surface area contributed by atoms with E-state index in [-0.39, 0.29) is 17.7 Å². The minimum absolute atomic E-state index is 0.0482. The van der Waals surface area contributed by atoms with Gasteiger partial charge in [0.15, 0.2) is 5.78 Å². The number of hydrogen-bond donors (Lipinski definition) is 1. The number of Topliss-reactive ketones (excluding diaryl/α,β-unsaturated/α-hetero) is 1. The van der Waals surface area contributed by atoms with Crippen LogP contribution in [-0.2, 0) is 4.79 Å². The summed E-state index contributed by atoms with van der Waals surface area (Å²) in [6.07, 6.45) is 0.317. The first-order valence-corrected chi connectivity index (χ1v) is 6.35. The van der Waals surface area contributed by atoms with Crippen molar-refractivity contribution in [3.05, 3.63) is 48.0 Å². The first-order valence-electron chi connectivity index (χ1n) is 6.35. The van der Waals surface area contributed by atoms with E-state index in [1.165, 1.54) is 6.92 Å². The molecule has 0 saturated heterocycles. The van der Waals surface area contributed by atoms with E-state index in [4.69, 9.17) is 0 Å². The zero-order valence-corrected chi connectivity index (χ0v) is 11.1. The maximum Gasteiger partial charge on any atom is 0.217 e. The molecule has 0 fully saturated rings. The van der Waals surface area contributed by atoms with Gasteiger partial charge in [0.2, 0.25) is 5.91 Å². The Morgan fingerprint density at radius 3 is 2.47 bits per heavy atom. The second-order valence-electron chi connectivity index (χ2n) is 4.79. The molecule has 1 unspecified atom stereocenters. The number of nitrogens with one attached hydrogen (secondary N) is 1. The van der Waals surface area contributed by atoms with Crippen molar-refractivity contribution in [1.82, 2.24) is 5.32 Å². The first kappa shape index (κ1) is 13.3. The van der Waals surface area contributed by atoms with Crippen molar-refractivity contribution in [2.45, 2.75) is 26.3 Å². The van der Waals surface area contributed by atoms with Crippen LogP contribution in [0.25, 0.3) is 10.8 Å². The highest BCUT2D eigenvalue weighted by molar-refractivity contribution is 6.00. The molecule has 0 saturated carbocycles. The van der Waals surface area contributed by atoms with Gasteiger partial charge in [-0.3, -0.25) is 9.59 Å². The molecule has 0 radical (unpaired) electrons. The third kappa shape index (κ3) is 3.41.